The lowest BCUT2D eigenvalue weighted by atomic mass is 10.1. The Morgan fingerprint density at radius 1 is 1.36 bits per heavy atom. The number of amides is 2. The van der Waals surface area contributed by atoms with Gasteiger partial charge in [0.05, 0.1) is 28.8 Å². The highest BCUT2D eigenvalue weighted by Crippen LogP contribution is 2.45. The van der Waals surface area contributed by atoms with Gasteiger partial charge in [0.2, 0.25) is 0 Å². The summed E-state index contributed by atoms with van der Waals surface area (Å²) < 4.78 is 6.97. The summed E-state index contributed by atoms with van der Waals surface area (Å²) >= 11 is 10.0. The quantitative estimate of drug-likeness (QED) is 0.524. The highest BCUT2D eigenvalue weighted by atomic mass is 79.9. The fraction of sp³-hybridized carbons (Fsp3) is 0.353. The molecule has 2 amide bonds. The second-order valence-electron chi connectivity index (χ2n) is 6.15. The van der Waals surface area contributed by atoms with Gasteiger partial charge < -0.3 is 9.64 Å². The minimum Gasteiger partial charge on any atom is -0.376 e. The van der Waals surface area contributed by atoms with Gasteiger partial charge in [0.25, 0.3) is 11.8 Å². The molecule has 0 saturated carbocycles. The molecular formula is C17H15BrN2O3S2. The molecular weight excluding hydrogens is 424 g/mol. The summed E-state index contributed by atoms with van der Waals surface area (Å²) in [6, 6.07) is 5.63. The van der Waals surface area contributed by atoms with Crippen molar-refractivity contribution in [2.24, 2.45) is 0 Å². The van der Waals surface area contributed by atoms with Crippen LogP contribution in [0.3, 0.4) is 0 Å². The molecule has 0 spiro atoms. The Balaban J connectivity index is 1.73. The van der Waals surface area contributed by atoms with Crippen LogP contribution in [0.5, 0.6) is 0 Å². The van der Waals surface area contributed by atoms with E-state index in [2.05, 4.69) is 15.9 Å². The number of carbonyl (C=O) groups excluding carboxylic acids is 2. The van der Waals surface area contributed by atoms with Crippen molar-refractivity contribution in [3.05, 3.63) is 33.1 Å². The third-order valence-corrected chi connectivity index (χ3v) is 6.54. The van der Waals surface area contributed by atoms with Crippen molar-refractivity contribution in [1.82, 2.24) is 4.90 Å². The Morgan fingerprint density at radius 3 is 2.88 bits per heavy atom. The SMILES string of the molecule is CN1C(=O)/C(=C2\SC(=S)N(C[C@@H]3CCCO3)C2=O)c2cc(Br)ccc21. The number of hydrogen-bond acceptors (Lipinski definition) is 5. The van der Waals surface area contributed by atoms with Gasteiger partial charge in [-0.1, -0.05) is 39.9 Å². The van der Waals surface area contributed by atoms with Gasteiger partial charge in [-0.25, -0.2) is 0 Å². The monoisotopic (exact) mass is 438 g/mol. The van der Waals surface area contributed by atoms with Crippen molar-refractivity contribution in [1.29, 1.82) is 0 Å². The van der Waals surface area contributed by atoms with Crippen LogP contribution >= 0.6 is 39.9 Å². The number of rotatable bonds is 2. The molecule has 5 nitrogen and oxygen atoms in total. The van der Waals surface area contributed by atoms with E-state index in [4.69, 9.17) is 17.0 Å². The van der Waals surface area contributed by atoms with Gasteiger partial charge in [-0.15, -0.1) is 0 Å². The molecule has 25 heavy (non-hydrogen) atoms. The molecule has 4 rings (SSSR count). The Kier molecular flexibility index (Phi) is 4.47. The number of anilines is 1. The lowest BCUT2D eigenvalue weighted by Crippen LogP contribution is -2.35. The predicted octanol–water partition coefficient (Wildman–Crippen LogP) is 3.18. The van der Waals surface area contributed by atoms with Gasteiger partial charge in [-0.3, -0.25) is 14.5 Å². The van der Waals surface area contributed by atoms with Crippen molar-refractivity contribution in [2.75, 3.05) is 25.1 Å². The first-order chi connectivity index (χ1) is 12.0. The van der Waals surface area contributed by atoms with Crippen LogP contribution in [0.15, 0.2) is 27.6 Å². The number of hydrogen-bond donors (Lipinski definition) is 0. The summed E-state index contributed by atoms with van der Waals surface area (Å²) in [5.74, 6) is -0.374. The molecule has 130 valence electrons. The van der Waals surface area contributed by atoms with E-state index in [9.17, 15) is 9.59 Å². The molecule has 8 heteroatoms. The van der Waals surface area contributed by atoms with Gasteiger partial charge in [-0.05, 0) is 31.0 Å². The number of thioether (sulfide) groups is 1. The van der Waals surface area contributed by atoms with E-state index in [1.165, 1.54) is 11.8 Å². The lowest BCUT2D eigenvalue weighted by molar-refractivity contribution is -0.123. The number of likely N-dealkylation sites (N-methyl/N-ethyl adjacent to an activating group) is 1. The molecule has 0 aromatic heterocycles. The number of carbonyl (C=O) groups is 2. The summed E-state index contributed by atoms with van der Waals surface area (Å²) in [5.41, 5.74) is 2.00. The number of halogens is 1. The van der Waals surface area contributed by atoms with Crippen LogP contribution in [0.2, 0.25) is 0 Å². The third-order valence-electron chi connectivity index (χ3n) is 4.59. The molecule has 0 aliphatic carbocycles. The molecule has 1 aromatic carbocycles. The van der Waals surface area contributed by atoms with Crippen molar-refractivity contribution >= 4 is 67.3 Å². The first-order valence-electron chi connectivity index (χ1n) is 7.95. The van der Waals surface area contributed by atoms with Gasteiger partial charge >= 0.3 is 0 Å². The minimum atomic E-state index is -0.199. The highest BCUT2D eigenvalue weighted by Gasteiger charge is 2.42. The summed E-state index contributed by atoms with van der Waals surface area (Å²) in [7, 11) is 1.72. The van der Waals surface area contributed by atoms with Crippen molar-refractivity contribution in [3.8, 4) is 0 Å². The Labute approximate surface area is 163 Å². The molecule has 2 saturated heterocycles. The number of fused-ring (bicyclic) bond motifs is 1. The molecule has 1 atom stereocenters. The zero-order chi connectivity index (χ0) is 17.7. The van der Waals surface area contributed by atoms with E-state index >= 15 is 0 Å². The van der Waals surface area contributed by atoms with E-state index in [0.29, 0.717) is 21.3 Å². The van der Waals surface area contributed by atoms with Crippen molar-refractivity contribution < 1.29 is 14.3 Å². The van der Waals surface area contributed by atoms with Crippen LogP contribution in [0.25, 0.3) is 5.57 Å². The summed E-state index contributed by atoms with van der Waals surface area (Å²) in [6.07, 6.45) is 1.96. The second kappa shape index (κ2) is 6.50. The zero-order valence-corrected chi connectivity index (χ0v) is 16.7. The van der Waals surface area contributed by atoms with Crippen LogP contribution in [-0.2, 0) is 14.3 Å². The average Bonchev–Trinajstić information content (AvgIpc) is 3.24. The van der Waals surface area contributed by atoms with Crippen LogP contribution < -0.4 is 4.90 Å². The number of nitrogens with zero attached hydrogens (tertiary/aromatic N) is 2. The highest BCUT2D eigenvalue weighted by molar-refractivity contribution is 9.10. The van der Waals surface area contributed by atoms with E-state index in [1.807, 2.05) is 18.2 Å². The second-order valence-corrected chi connectivity index (χ2v) is 8.71. The average molecular weight is 439 g/mol. The molecule has 3 aliphatic rings. The molecule has 0 radical (unpaired) electrons. The Bertz CT molecular complexity index is 833. The fourth-order valence-electron chi connectivity index (χ4n) is 3.31. The van der Waals surface area contributed by atoms with Crippen LogP contribution in [0.1, 0.15) is 18.4 Å². The number of benzene rings is 1. The molecule has 3 heterocycles. The van der Waals surface area contributed by atoms with Crippen LogP contribution in [0.4, 0.5) is 5.69 Å². The van der Waals surface area contributed by atoms with Gasteiger partial charge in [0.1, 0.15) is 4.32 Å². The van der Waals surface area contributed by atoms with Gasteiger partial charge in [-0.2, -0.15) is 0 Å². The molecule has 1 aromatic rings. The van der Waals surface area contributed by atoms with E-state index < -0.39 is 0 Å². The standard InChI is InChI=1S/C17H15BrN2O3S2/c1-19-12-5-4-9(18)7-11(12)13(15(19)21)14-16(22)20(17(24)25-14)8-10-3-2-6-23-10/h4-5,7,10H,2-3,6,8H2,1H3/b14-13-/t10-/m0/s1. The topological polar surface area (TPSA) is 49.9 Å². The molecule has 0 bridgehead atoms. The first kappa shape index (κ1) is 17.2. The normalized spacial score (nSPS) is 26.2. The smallest absolute Gasteiger partial charge is 0.267 e. The minimum absolute atomic E-state index is 0.0234. The summed E-state index contributed by atoms with van der Waals surface area (Å²) in [6.45, 7) is 1.18. The predicted molar refractivity (Wildman–Crippen MR) is 105 cm³/mol. The summed E-state index contributed by atoms with van der Waals surface area (Å²) in [5, 5.41) is 0. The maximum Gasteiger partial charge on any atom is 0.267 e. The largest absolute Gasteiger partial charge is 0.376 e. The van der Waals surface area contributed by atoms with Crippen molar-refractivity contribution in [3.63, 3.8) is 0 Å². The molecule has 0 N–H and O–H groups in total. The maximum absolute atomic E-state index is 13.0. The Hall–Kier alpha value is -1.22. The first-order valence-corrected chi connectivity index (χ1v) is 9.96. The number of ether oxygens (including phenoxy) is 1. The molecule has 2 fully saturated rings. The van der Waals surface area contributed by atoms with E-state index in [0.717, 1.165) is 35.2 Å². The van der Waals surface area contributed by atoms with Crippen LogP contribution in [-0.4, -0.2) is 47.3 Å². The third kappa shape index (κ3) is 2.85. The van der Waals surface area contributed by atoms with Gasteiger partial charge in [0.15, 0.2) is 0 Å². The number of thiocarbonyl (C=S) groups is 1. The van der Waals surface area contributed by atoms with Crippen molar-refractivity contribution in [2.45, 2.75) is 18.9 Å². The summed E-state index contributed by atoms with van der Waals surface area (Å²) in [4.78, 5) is 29.3. The Morgan fingerprint density at radius 2 is 2.16 bits per heavy atom. The maximum atomic E-state index is 13.0. The van der Waals surface area contributed by atoms with E-state index in [-0.39, 0.29) is 17.9 Å². The fourth-order valence-corrected chi connectivity index (χ4v) is 5.02. The molecule has 0 unspecified atom stereocenters. The van der Waals surface area contributed by atoms with Crippen LogP contribution in [0, 0.1) is 0 Å². The zero-order valence-electron chi connectivity index (χ0n) is 13.5. The molecule has 3 aliphatic heterocycles. The van der Waals surface area contributed by atoms with E-state index in [1.54, 1.807) is 16.8 Å². The lowest BCUT2D eigenvalue weighted by Gasteiger charge is -2.18. The van der Waals surface area contributed by atoms with Gasteiger partial charge in [0, 0.05) is 23.7 Å².